The van der Waals surface area contributed by atoms with Crippen LogP contribution in [0, 0.1) is 0 Å². The van der Waals surface area contributed by atoms with E-state index in [2.05, 4.69) is 38.8 Å². The molecule has 3 heteroatoms. The van der Waals surface area contributed by atoms with E-state index in [0.717, 1.165) is 22.0 Å². The van der Waals surface area contributed by atoms with Crippen LogP contribution in [-0.4, -0.2) is 11.4 Å². The largest absolute Gasteiger partial charge is 0.491 e. The zero-order chi connectivity index (χ0) is 9.68. The first kappa shape index (κ1) is 11.1. The van der Waals surface area contributed by atoms with E-state index >= 15 is 0 Å². The van der Waals surface area contributed by atoms with Crippen molar-refractivity contribution in [2.75, 3.05) is 5.33 Å². The van der Waals surface area contributed by atoms with Gasteiger partial charge in [-0.25, -0.2) is 0 Å². The molecule has 1 atom stereocenters. The van der Waals surface area contributed by atoms with Crippen molar-refractivity contribution in [1.29, 1.82) is 0 Å². The summed E-state index contributed by atoms with van der Waals surface area (Å²) in [4.78, 5) is 0. The molecule has 0 saturated heterocycles. The molecule has 1 nitrogen and oxygen atoms in total. The van der Waals surface area contributed by atoms with Gasteiger partial charge in [0.15, 0.2) is 0 Å². The van der Waals surface area contributed by atoms with Crippen LogP contribution in [0.1, 0.15) is 13.3 Å². The van der Waals surface area contributed by atoms with Gasteiger partial charge in [0.05, 0.1) is 6.10 Å². The fraction of sp³-hybridized carbons (Fsp3) is 0.400. The van der Waals surface area contributed by atoms with Crippen LogP contribution < -0.4 is 4.74 Å². The van der Waals surface area contributed by atoms with Gasteiger partial charge < -0.3 is 4.74 Å². The molecular formula is C10H12Br2O. The van der Waals surface area contributed by atoms with Crippen molar-refractivity contribution in [3.63, 3.8) is 0 Å². The van der Waals surface area contributed by atoms with Crippen molar-refractivity contribution in [2.45, 2.75) is 19.4 Å². The van der Waals surface area contributed by atoms with E-state index in [0.29, 0.717) is 0 Å². The Morgan fingerprint density at radius 3 is 2.85 bits per heavy atom. The molecule has 72 valence electrons. The molecule has 0 saturated carbocycles. The highest BCUT2D eigenvalue weighted by Crippen LogP contribution is 2.19. The third kappa shape index (κ3) is 4.14. The third-order valence-corrected chi connectivity index (χ3v) is 2.60. The van der Waals surface area contributed by atoms with Crippen LogP contribution in [-0.2, 0) is 0 Å². The minimum Gasteiger partial charge on any atom is -0.491 e. The van der Waals surface area contributed by atoms with Crippen LogP contribution in [0.25, 0.3) is 0 Å². The lowest BCUT2D eigenvalue weighted by Crippen LogP contribution is -2.11. The predicted molar refractivity (Wildman–Crippen MR) is 62.6 cm³/mol. The summed E-state index contributed by atoms with van der Waals surface area (Å²) in [5.74, 6) is 0.919. The zero-order valence-electron chi connectivity index (χ0n) is 7.47. The van der Waals surface area contributed by atoms with Crippen molar-refractivity contribution >= 4 is 31.9 Å². The predicted octanol–water partition coefficient (Wildman–Crippen LogP) is 4.00. The van der Waals surface area contributed by atoms with Crippen LogP contribution >= 0.6 is 31.9 Å². The highest BCUT2D eigenvalue weighted by Gasteiger charge is 2.02. The van der Waals surface area contributed by atoms with Crippen molar-refractivity contribution in [3.05, 3.63) is 28.7 Å². The summed E-state index contributed by atoms with van der Waals surface area (Å²) in [6.45, 7) is 2.07. The van der Waals surface area contributed by atoms with E-state index in [1.165, 1.54) is 0 Å². The zero-order valence-corrected chi connectivity index (χ0v) is 10.6. The Morgan fingerprint density at radius 2 is 2.23 bits per heavy atom. The first-order chi connectivity index (χ1) is 6.22. The van der Waals surface area contributed by atoms with Gasteiger partial charge in [0.1, 0.15) is 5.75 Å². The maximum Gasteiger partial charge on any atom is 0.120 e. The minimum absolute atomic E-state index is 0.258. The molecular weight excluding hydrogens is 296 g/mol. The molecule has 13 heavy (non-hydrogen) atoms. The molecule has 0 aromatic heterocycles. The van der Waals surface area contributed by atoms with Gasteiger partial charge in [-0.2, -0.15) is 0 Å². The lowest BCUT2D eigenvalue weighted by molar-refractivity contribution is 0.219. The molecule has 0 amide bonds. The maximum absolute atomic E-state index is 5.68. The number of rotatable bonds is 4. The Labute approximate surface area is 95.7 Å². The van der Waals surface area contributed by atoms with Crippen molar-refractivity contribution < 1.29 is 4.74 Å². The van der Waals surface area contributed by atoms with Crippen molar-refractivity contribution in [2.24, 2.45) is 0 Å². The van der Waals surface area contributed by atoms with Gasteiger partial charge >= 0.3 is 0 Å². The Bertz CT molecular complexity index is 263. The van der Waals surface area contributed by atoms with Gasteiger partial charge in [-0.3, -0.25) is 0 Å². The molecule has 1 rings (SSSR count). The number of hydrogen-bond acceptors (Lipinski definition) is 1. The second kappa shape index (κ2) is 5.66. The SMILES string of the molecule is CC(CCBr)Oc1cccc(Br)c1. The van der Waals surface area contributed by atoms with E-state index in [1.54, 1.807) is 0 Å². The van der Waals surface area contributed by atoms with Crippen molar-refractivity contribution in [3.8, 4) is 5.75 Å². The van der Waals surface area contributed by atoms with E-state index in [9.17, 15) is 0 Å². The molecule has 0 fully saturated rings. The van der Waals surface area contributed by atoms with Crippen LogP contribution in [0.15, 0.2) is 28.7 Å². The summed E-state index contributed by atoms with van der Waals surface area (Å²) in [6, 6.07) is 7.91. The summed E-state index contributed by atoms with van der Waals surface area (Å²) < 4.78 is 6.73. The minimum atomic E-state index is 0.258. The molecule has 0 aliphatic carbocycles. The molecule has 0 aliphatic rings. The summed E-state index contributed by atoms with van der Waals surface area (Å²) in [5, 5.41) is 0.974. The van der Waals surface area contributed by atoms with E-state index < -0.39 is 0 Å². The number of benzene rings is 1. The molecule has 0 bridgehead atoms. The molecule has 0 aliphatic heterocycles. The Kier molecular flexibility index (Phi) is 4.81. The van der Waals surface area contributed by atoms with E-state index in [-0.39, 0.29) is 6.10 Å². The lowest BCUT2D eigenvalue weighted by atomic mass is 10.3. The average molecular weight is 308 g/mol. The van der Waals surface area contributed by atoms with Crippen LogP contribution in [0.3, 0.4) is 0 Å². The van der Waals surface area contributed by atoms with Crippen molar-refractivity contribution in [1.82, 2.24) is 0 Å². The van der Waals surface area contributed by atoms with Gasteiger partial charge in [0.25, 0.3) is 0 Å². The molecule has 0 radical (unpaired) electrons. The van der Waals surface area contributed by atoms with Gasteiger partial charge in [-0.1, -0.05) is 37.9 Å². The van der Waals surface area contributed by atoms with Crippen LogP contribution in [0.4, 0.5) is 0 Å². The second-order valence-corrected chi connectivity index (χ2v) is 4.57. The fourth-order valence-corrected chi connectivity index (χ4v) is 2.01. The smallest absolute Gasteiger partial charge is 0.120 e. The van der Waals surface area contributed by atoms with E-state index in [1.807, 2.05) is 24.3 Å². The van der Waals surface area contributed by atoms with Crippen LogP contribution in [0.5, 0.6) is 5.75 Å². The monoisotopic (exact) mass is 306 g/mol. The normalized spacial score (nSPS) is 12.5. The third-order valence-electron chi connectivity index (χ3n) is 1.65. The van der Waals surface area contributed by atoms with Gasteiger partial charge in [-0.05, 0) is 31.5 Å². The van der Waals surface area contributed by atoms with E-state index in [4.69, 9.17) is 4.74 Å². The Hall–Kier alpha value is -0.0200. The van der Waals surface area contributed by atoms with Gasteiger partial charge in [0.2, 0.25) is 0 Å². The first-order valence-corrected chi connectivity index (χ1v) is 6.12. The quantitative estimate of drug-likeness (QED) is 0.764. The summed E-state index contributed by atoms with van der Waals surface area (Å²) >= 11 is 6.79. The highest BCUT2D eigenvalue weighted by atomic mass is 79.9. The number of ether oxygens (including phenoxy) is 1. The molecule has 0 heterocycles. The average Bonchev–Trinajstić information content (AvgIpc) is 2.04. The Balaban J connectivity index is 2.53. The lowest BCUT2D eigenvalue weighted by Gasteiger charge is -2.13. The molecule has 1 aromatic rings. The number of hydrogen-bond donors (Lipinski definition) is 0. The number of alkyl halides is 1. The Morgan fingerprint density at radius 1 is 1.46 bits per heavy atom. The molecule has 1 unspecified atom stereocenters. The van der Waals surface area contributed by atoms with Crippen LogP contribution in [0.2, 0.25) is 0 Å². The van der Waals surface area contributed by atoms with Gasteiger partial charge in [-0.15, -0.1) is 0 Å². The maximum atomic E-state index is 5.68. The summed E-state index contributed by atoms with van der Waals surface area (Å²) in [6.07, 6.45) is 1.28. The summed E-state index contributed by atoms with van der Waals surface area (Å²) in [5.41, 5.74) is 0. The second-order valence-electron chi connectivity index (χ2n) is 2.86. The van der Waals surface area contributed by atoms with Gasteiger partial charge in [0, 0.05) is 9.80 Å². The highest BCUT2D eigenvalue weighted by molar-refractivity contribution is 9.10. The summed E-state index contributed by atoms with van der Waals surface area (Å²) in [7, 11) is 0. The molecule has 0 N–H and O–H groups in total. The number of halogens is 2. The standard InChI is InChI=1S/C10H12Br2O/c1-8(5-6-11)13-10-4-2-3-9(12)7-10/h2-4,7-8H,5-6H2,1H3. The first-order valence-electron chi connectivity index (χ1n) is 4.20. The molecule has 1 aromatic carbocycles. The fourth-order valence-electron chi connectivity index (χ4n) is 0.985. The molecule has 0 spiro atoms. The topological polar surface area (TPSA) is 9.23 Å².